The predicted molar refractivity (Wildman–Crippen MR) is 274 cm³/mol. The fraction of sp³-hybridized carbons (Fsp3) is 0.0339. The second-order valence-electron chi connectivity index (χ2n) is 16.4. The van der Waals surface area contributed by atoms with Gasteiger partial charge >= 0.3 is 0 Å². The maximum Gasteiger partial charge on any atom is 0.131 e. The summed E-state index contributed by atoms with van der Waals surface area (Å²) < 4.78 is 7.38. The van der Waals surface area contributed by atoms with Gasteiger partial charge in [-0.3, -0.25) is 0 Å². The average Bonchev–Trinajstić information content (AvgIpc) is 3.92. The number of fused-ring (bicyclic) bond motifs is 10. The van der Waals surface area contributed by atoms with E-state index in [1.807, 2.05) is 29.5 Å². The molecule has 0 fully saturated rings. The first-order valence-corrected chi connectivity index (χ1v) is 22.7. The molecule has 0 atom stereocenters. The van der Waals surface area contributed by atoms with Gasteiger partial charge in [-0.15, -0.1) is 11.3 Å². The number of benzene rings is 8. The van der Waals surface area contributed by atoms with E-state index in [1.165, 1.54) is 75.0 Å². The third-order valence-corrected chi connectivity index (χ3v) is 13.8. The van der Waals surface area contributed by atoms with Crippen LogP contribution in [0.15, 0.2) is 229 Å². The summed E-state index contributed by atoms with van der Waals surface area (Å²) in [6.07, 6.45) is 14.7. The minimum absolute atomic E-state index is 0.481. The SMILES string of the molecule is NC(=N/C(=C\CC1=CC=CCC=C1)c1ccccc1)c1ccc(-n2c3ccc(-c4ccc5c(c4)c4ccccc4n5-c4ccccc4)cc3c3c4sc5ccccc5c4ccc32)cc1. The third-order valence-electron chi connectivity index (χ3n) is 12.6. The summed E-state index contributed by atoms with van der Waals surface area (Å²) >= 11 is 1.88. The molecule has 5 heteroatoms. The van der Waals surface area contributed by atoms with Gasteiger partial charge in [-0.1, -0.05) is 140 Å². The van der Waals surface area contributed by atoms with Gasteiger partial charge in [-0.2, -0.15) is 0 Å². The van der Waals surface area contributed by atoms with E-state index in [0.29, 0.717) is 5.84 Å². The number of hydrogen-bond acceptors (Lipinski definition) is 2. The van der Waals surface area contributed by atoms with Gasteiger partial charge in [0.1, 0.15) is 5.84 Å². The molecular formula is C59H42N4S. The molecule has 0 aliphatic heterocycles. The lowest BCUT2D eigenvalue weighted by atomic mass is 10.00. The number of thiophene rings is 1. The zero-order chi connectivity index (χ0) is 42.6. The van der Waals surface area contributed by atoms with Crippen LogP contribution in [0.2, 0.25) is 0 Å². The second kappa shape index (κ2) is 15.7. The van der Waals surface area contributed by atoms with Crippen LogP contribution in [0.5, 0.6) is 0 Å². The Kier molecular flexibility index (Phi) is 9.28. The molecule has 0 saturated carbocycles. The minimum Gasteiger partial charge on any atom is -0.383 e. The lowest BCUT2D eigenvalue weighted by Crippen LogP contribution is -2.13. The number of aliphatic imine (C=N–C) groups is 1. The molecule has 0 spiro atoms. The number of amidine groups is 1. The van der Waals surface area contributed by atoms with Crippen LogP contribution >= 0.6 is 11.3 Å². The van der Waals surface area contributed by atoms with Crippen molar-refractivity contribution in [3.63, 3.8) is 0 Å². The van der Waals surface area contributed by atoms with Gasteiger partial charge in [-0.05, 0) is 114 Å². The fourth-order valence-corrected chi connectivity index (χ4v) is 10.8. The second-order valence-corrected chi connectivity index (χ2v) is 17.5. The van der Waals surface area contributed by atoms with Crippen molar-refractivity contribution in [3.8, 4) is 22.5 Å². The first-order chi connectivity index (χ1) is 31.7. The number of allylic oxidation sites excluding steroid dienone is 7. The summed E-state index contributed by atoms with van der Waals surface area (Å²) in [6.45, 7) is 0. The van der Waals surface area contributed by atoms with Gasteiger partial charge in [0.25, 0.3) is 0 Å². The van der Waals surface area contributed by atoms with Gasteiger partial charge in [0.2, 0.25) is 0 Å². The highest BCUT2D eigenvalue weighted by Gasteiger charge is 2.20. The van der Waals surface area contributed by atoms with Gasteiger partial charge in [-0.25, -0.2) is 4.99 Å². The van der Waals surface area contributed by atoms with Crippen molar-refractivity contribution in [1.82, 2.24) is 9.13 Å². The number of aromatic nitrogens is 2. The first kappa shape index (κ1) is 37.7. The number of para-hydroxylation sites is 2. The highest BCUT2D eigenvalue weighted by atomic mass is 32.1. The lowest BCUT2D eigenvalue weighted by molar-refractivity contribution is 1.18. The van der Waals surface area contributed by atoms with Crippen molar-refractivity contribution in [2.75, 3.05) is 0 Å². The number of hydrogen-bond donors (Lipinski definition) is 1. The molecule has 0 amide bonds. The Hall–Kier alpha value is -7.99. The van der Waals surface area contributed by atoms with Crippen LogP contribution in [-0.4, -0.2) is 15.0 Å². The topological polar surface area (TPSA) is 48.2 Å². The van der Waals surface area contributed by atoms with Crippen LogP contribution in [0.4, 0.5) is 0 Å². The van der Waals surface area contributed by atoms with Crippen molar-refractivity contribution in [2.24, 2.45) is 10.7 Å². The summed E-state index contributed by atoms with van der Waals surface area (Å²) in [5.41, 5.74) is 20.2. The van der Waals surface area contributed by atoms with Crippen LogP contribution < -0.4 is 5.73 Å². The Morgan fingerprint density at radius 3 is 2.00 bits per heavy atom. The standard InChI is InChI=1S/C59H42N4S/c60-59(61-51(40-17-7-3-8-18-40)33-25-39-15-5-1-2-6-16-39)41-26-30-45(31-27-41)63-54-35-29-43(38-50(54)57-55(63)36-32-48-47-22-12-14-24-56(47)64-58(48)57)42-28-34-53-49(37-42)46-21-11-13-23-52(46)62(53)44-19-9-4-10-20-44/h1,3-24,26-38H,2,25H2,(H2,60,61)/b51-33-. The molecule has 304 valence electrons. The molecule has 1 aliphatic carbocycles. The van der Waals surface area contributed by atoms with Crippen LogP contribution in [-0.2, 0) is 0 Å². The van der Waals surface area contributed by atoms with E-state index in [-0.39, 0.29) is 0 Å². The zero-order valence-corrected chi connectivity index (χ0v) is 35.8. The highest BCUT2D eigenvalue weighted by Crippen LogP contribution is 2.45. The monoisotopic (exact) mass is 838 g/mol. The molecule has 11 aromatic rings. The predicted octanol–water partition coefficient (Wildman–Crippen LogP) is 15.5. The number of nitrogens with two attached hydrogens (primary N) is 1. The zero-order valence-electron chi connectivity index (χ0n) is 35.0. The summed E-state index contributed by atoms with van der Waals surface area (Å²) in [5, 5.41) is 7.58. The molecule has 0 unspecified atom stereocenters. The molecule has 12 rings (SSSR count). The molecule has 4 nitrogen and oxygen atoms in total. The number of rotatable bonds is 8. The van der Waals surface area contributed by atoms with E-state index >= 15 is 0 Å². The normalized spacial score (nSPS) is 13.5. The van der Waals surface area contributed by atoms with Crippen LogP contribution in [0.25, 0.3) is 92.0 Å². The van der Waals surface area contributed by atoms with Crippen LogP contribution in [0.1, 0.15) is 24.0 Å². The van der Waals surface area contributed by atoms with Crippen molar-refractivity contribution >= 4 is 86.7 Å². The maximum atomic E-state index is 6.85. The van der Waals surface area contributed by atoms with Gasteiger partial charge in [0, 0.05) is 58.7 Å². The Morgan fingerprint density at radius 1 is 0.547 bits per heavy atom. The van der Waals surface area contributed by atoms with E-state index in [2.05, 4.69) is 209 Å². The summed E-state index contributed by atoms with van der Waals surface area (Å²) in [4.78, 5) is 5.04. The summed E-state index contributed by atoms with van der Waals surface area (Å²) in [6, 6.07) is 65.5. The summed E-state index contributed by atoms with van der Waals surface area (Å²) in [7, 11) is 0. The van der Waals surface area contributed by atoms with E-state index in [4.69, 9.17) is 10.7 Å². The molecule has 2 N–H and O–H groups in total. The van der Waals surface area contributed by atoms with Crippen LogP contribution in [0.3, 0.4) is 0 Å². The van der Waals surface area contributed by atoms with Gasteiger partial charge in [0.15, 0.2) is 0 Å². The molecule has 64 heavy (non-hydrogen) atoms. The lowest BCUT2D eigenvalue weighted by Gasteiger charge is -2.11. The quantitative estimate of drug-likeness (QED) is 0.120. The molecule has 1 aliphatic rings. The minimum atomic E-state index is 0.481. The van der Waals surface area contributed by atoms with Gasteiger partial charge in [0.05, 0.1) is 27.8 Å². The van der Waals surface area contributed by atoms with Crippen LogP contribution in [0, 0.1) is 0 Å². The molecule has 0 saturated heterocycles. The Balaban J connectivity index is 0.985. The van der Waals surface area contributed by atoms with Crippen molar-refractivity contribution in [1.29, 1.82) is 0 Å². The van der Waals surface area contributed by atoms with Crippen molar-refractivity contribution in [2.45, 2.75) is 12.8 Å². The average molecular weight is 839 g/mol. The summed E-state index contributed by atoms with van der Waals surface area (Å²) in [5.74, 6) is 0.481. The first-order valence-electron chi connectivity index (χ1n) is 21.9. The fourth-order valence-electron chi connectivity index (χ4n) is 9.54. The van der Waals surface area contributed by atoms with Crippen molar-refractivity contribution < 1.29 is 0 Å². The van der Waals surface area contributed by atoms with E-state index < -0.39 is 0 Å². The molecule has 8 aromatic carbocycles. The Labute approximate surface area is 375 Å². The highest BCUT2D eigenvalue weighted by molar-refractivity contribution is 7.26. The Morgan fingerprint density at radius 2 is 1.19 bits per heavy atom. The van der Waals surface area contributed by atoms with E-state index in [1.54, 1.807) is 0 Å². The number of nitrogens with zero attached hydrogens (tertiary/aromatic N) is 3. The van der Waals surface area contributed by atoms with E-state index in [9.17, 15) is 0 Å². The molecule has 3 aromatic heterocycles. The molecule has 3 heterocycles. The smallest absolute Gasteiger partial charge is 0.131 e. The molecule has 0 radical (unpaired) electrons. The van der Waals surface area contributed by atoms with E-state index in [0.717, 1.165) is 46.6 Å². The van der Waals surface area contributed by atoms with Crippen molar-refractivity contribution in [3.05, 3.63) is 235 Å². The molecular weight excluding hydrogens is 797 g/mol. The largest absolute Gasteiger partial charge is 0.383 e. The Bertz CT molecular complexity index is 3760. The third kappa shape index (κ3) is 6.48. The maximum absolute atomic E-state index is 6.85. The van der Waals surface area contributed by atoms with Gasteiger partial charge < -0.3 is 14.9 Å². The molecule has 0 bridgehead atoms.